The Kier molecular flexibility index (Phi) is 7.40. The highest BCUT2D eigenvalue weighted by Gasteiger charge is 2.24. The van der Waals surface area contributed by atoms with Crippen LogP contribution in [0, 0.1) is 19.8 Å². The summed E-state index contributed by atoms with van der Waals surface area (Å²) in [5.74, 6) is 0.271. The molecule has 0 bridgehead atoms. The summed E-state index contributed by atoms with van der Waals surface area (Å²) in [6.07, 6.45) is 3.83. The fraction of sp³-hybridized carbons (Fsp3) is 0.444. The number of fused-ring (bicyclic) bond motifs is 1. The SMILES string of the molecule is CCOCC1CCN(c2nc3c([C@@H](C)Nc4ccccc4C(=O)O)cc(C)cn3c(=O)c2C)CC1. The molecule has 1 atom stereocenters. The number of para-hydroxylation sites is 1. The van der Waals surface area contributed by atoms with E-state index < -0.39 is 5.97 Å². The maximum atomic E-state index is 13.4. The number of carboxylic acids is 1. The third-order valence-corrected chi connectivity index (χ3v) is 6.76. The number of benzene rings is 1. The third kappa shape index (κ3) is 5.17. The van der Waals surface area contributed by atoms with E-state index in [1.54, 1.807) is 28.7 Å². The number of carboxylic acid groups (broad SMARTS) is 1. The number of aromatic carboxylic acids is 1. The predicted molar refractivity (Wildman–Crippen MR) is 138 cm³/mol. The number of carbonyl (C=O) groups is 1. The lowest BCUT2D eigenvalue weighted by Gasteiger charge is -2.33. The van der Waals surface area contributed by atoms with Crippen LogP contribution < -0.4 is 15.8 Å². The van der Waals surface area contributed by atoms with Crippen molar-refractivity contribution in [2.24, 2.45) is 5.92 Å². The number of hydrogen-bond acceptors (Lipinski definition) is 6. The number of aromatic nitrogens is 2. The van der Waals surface area contributed by atoms with Crippen molar-refractivity contribution in [3.8, 4) is 0 Å². The van der Waals surface area contributed by atoms with Crippen molar-refractivity contribution in [2.75, 3.05) is 36.5 Å². The van der Waals surface area contributed by atoms with E-state index >= 15 is 0 Å². The maximum Gasteiger partial charge on any atom is 0.337 e. The van der Waals surface area contributed by atoms with Gasteiger partial charge in [-0.25, -0.2) is 9.78 Å². The van der Waals surface area contributed by atoms with E-state index in [2.05, 4.69) is 10.2 Å². The van der Waals surface area contributed by atoms with Crippen molar-refractivity contribution in [2.45, 2.75) is 46.6 Å². The average Bonchev–Trinajstić information content (AvgIpc) is 2.85. The molecule has 1 aliphatic heterocycles. The molecule has 1 fully saturated rings. The Bertz CT molecular complexity index is 1280. The number of piperidine rings is 1. The van der Waals surface area contributed by atoms with Crippen LogP contribution >= 0.6 is 0 Å². The first-order valence-electron chi connectivity index (χ1n) is 12.2. The fourth-order valence-corrected chi connectivity index (χ4v) is 4.81. The first-order valence-corrected chi connectivity index (χ1v) is 12.2. The number of ether oxygens (including phenoxy) is 1. The van der Waals surface area contributed by atoms with E-state index in [1.807, 2.05) is 40.0 Å². The minimum absolute atomic E-state index is 0.0791. The lowest BCUT2D eigenvalue weighted by molar-refractivity contribution is 0.0698. The van der Waals surface area contributed by atoms with Gasteiger partial charge in [0.2, 0.25) is 0 Å². The van der Waals surface area contributed by atoms with Gasteiger partial charge in [0.1, 0.15) is 11.5 Å². The van der Waals surface area contributed by atoms with Crippen molar-refractivity contribution in [1.29, 1.82) is 0 Å². The highest BCUT2D eigenvalue weighted by atomic mass is 16.5. The molecule has 1 saturated heterocycles. The summed E-state index contributed by atoms with van der Waals surface area (Å²) in [6, 6.07) is 8.57. The van der Waals surface area contributed by atoms with Gasteiger partial charge < -0.3 is 20.1 Å². The molecule has 2 N–H and O–H groups in total. The van der Waals surface area contributed by atoms with E-state index in [1.165, 1.54) is 0 Å². The molecule has 0 spiro atoms. The second kappa shape index (κ2) is 10.5. The van der Waals surface area contributed by atoms with Crippen LogP contribution in [0.5, 0.6) is 0 Å². The fourth-order valence-electron chi connectivity index (χ4n) is 4.81. The summed E-state index contributed by atoms with van der Waals surface area (Å²) < 4.78 is 7.23. The summed E-state index contributed by atoms with van der Waals surface area (Å²) >= 11 is 0. The Morgan fingerprint density at radius 2 is 1.97 bits per heavy atom. The van der Waals surface area contributed by atoms with Crippen molar-refractivity contribution in [1.82, 2.24) is 9.38 Å². The molecule has 0 unspecified atom stereocenters. The number of nitrogens with one attached hydrogen (secondary N) is 1. The summed E-state index contributed by atoms with van der Waals surface area (Å²) in [5, 5.41) is 12.9. The van der Waals surface area contributed by atoms with Gasteiger partial charge >= 0.3 is 5.97 Å². The number of hydrogen-bond donors (Lipinski definition) is 2. The second-order valence-electron chi connectivity index (χ2n) is 9.34. The molecule has 0 radical (unpaired) electrons. The van der Waals surface area contributed by atoms with Crippen LogP contribution in [0.2, 0.25) is 0 Å². The van der Waals surface area contributed by atoms with E-state index in [0.717, 1.165) is 56.1 Å². The summed E-state index contributed by atoms with van der Waals surface area (Å²) in [7, 11) is 0. The lowest BCUT2D eigenvalue weighted by atomic mass is 9.97. The minimum Gasteiger partial charge on any atom is -0.478 e. The average molecular weight is 479 g/mol. The maximum absolute atomic E-state index is 13.4. The molecule has 186 valence electrons. The molecule has 35 heavy (non-hydrogen) atoms. The Labute approximate surface area is 205 Å². The largest absolute Gasteiger partial charge is 0.478 e. The van der Waals surface area contributed by atoms with Gasteiger partial charge in [-0.15, -0.1) is 0 Å². The van der Waals surface area contributed by atoms with E-state index in [9.17, 15) is 14.7 Å². The number of aryl methyl sites for hydroxylation is 1. The first-order chi connectivity index (χ1) is 16.8. The van der Waals surface area contributed by atoms with Crippen LogP contribution in [-0.2, 0) is 4.74 Å². The summed E-state index contributed by atoms with van der Waals surface area (Å²) in [6.45, 7) is 10.9. The van der Waals surface area contributed by atoms with E-state index in [-0.39, 0.29) is 17.2 Å². The zero-order valence-electron chi connectivity index (χ0n) is 20.9. The molecule has 3 heterocycles. The molecule has 0 aliphatic carbocycles. The molecule has 8 nitrogen and oxygen atoms in total. The molecular formula is C27H34N4O4. The van der Waals surface area contributed by atoms with Gasteiger partial charge in [-0.3, -0.25) is 9.20 Å². The molecule has 1 aromatic carbocycles. The Balaban J connectivity index is 1.71. The third-order valence-electron chi connectivity index (χ3n) is 6.76. The van der Waals surface area contributed by atoms with Crippen LogP contribution in [0.3, 0.4) is 0 Å². The van der Waals surface area contributed by atoms with E-state index in [0.29, 0.717) is 22.8 Å². The van der Waals surface area contributed by atoms with Crippen LogP contribution in [0.4, 0.5) is 11.5 Å². The first kappa shape index (κ1) is 24.7. The molecule has 0 amide bonds. The Hall–Kier alpha value is -3.39. The molecule has 4 rings (SSSR count). The van der Waals surface area contributed by atoms with Crippen LogP contribution in [0.1, 0.15) is 59.8 Å². The van der Waals surface area contributed by atoms with Crippen LogP contribution in [0.15, 0.2) is 41.3 Å². The summed E-state index contributed by atoms with van der Waals surface area (Å²) in [5.41, 5.74) is 3.65. The second-order valence-corrected chi connectivity index (χ2v) is 9.34. The number of rotatable bonds is 8. The predicted octanol–water partition coefficient (Wildman–Crippen LogP) is 4.44. The van der Waals surface area contributed by atoms with Gasteiger partial charge in [0, 0.05) is 43.8 Å². The van der Waals surface area contributed by atoms with Gasteiger partial charge in [0.15, 0.2) is 0 Å². The summed E-state index contributed by atoms with van der Waals surface area (Å²) in [4.78, 5) is 32.3. The zero-order chi connectivity index (χ0) is 25.1. The topological polar surface area (TPSA) is 96.2 Å². The lowest BCUT2D eigenvalue weighted by Crippen LogP contribution is -2.37. The Morgan fingerprint density at radius 1 is 1.26 bits per heavy atom. The molecule has 3 aromatic rings. The molecular weight excluding hydrogens is 444 g/mol. The highest BCUT2D eigenvalue weighted by molar-refractivity contribution is 5.94. The highest BCUT2D eigenvalue weighted by Crippen LogP contribution is 2.28. The van der Waals surface area contributed by atoms with Gasteiger partial charge in [-0.1, -0.05) is 12.1 Å². The number of pyridine rings is 1. The quantitative estimate of drug-likeness (QED) is 0.494. The number of nitrogens with zero attached hydrogens (tertiary/aromatic N) is 3. The van der Waals surface area contributed by atoms with Crippen LogP contribution in [0.25, 0.3) is 5.65 Å². The van der Waals surface area contributed by atoms with Crippen LogP contribution in [-0.4, -0.2) is 46.8 Å². The molecule has 8 heteroatoms. The molecule has 1 aliphatic rings. The Morgan fingerprint density at radius 3 is 2.66 bits per heavy atom. The monoisotopic (exact) mass is 478 g/mol. The van der Waals surface area contributed by atoms with Gasteiger partial charge in [0.25, 0.3) is 5.56 Å². The van der Waals surface area contributed by atoms with E-state index in [4.69, 9.17) is 9.72 Å². The standard InChI is InChI=1S/C27H34N4O4/c1-5-35-16-20-10-12-30(13-11-20)24-18(3)26(32)31-15-17(2)14-22(25(31)29-24)19(4)28-23-9-7-6-8-21(23)27(33)34/h6-9,14-15,19-20,28H,5,10-13,16H2,1-4H3,(H,33,34)/t19-/m1/s1. The van der Waals surface area contributed by atoms with Crippen molar-refractivity contribution < 1.29 is 14.6 Å². The van der Waals surface area contributed by atoms with Gasteiger partial charge in [0.05, 0.1) is 17.2 Å². The minimum atomic E-state index is -0.991. The molecule has 0 saturated carbocycles. The smallest absolute Gasteiger partial charge is 0.337 e. The normalized spacial score (nSPS) is 15.4. The zero-order valence-corrected chi connectivity index (χ0v) is 20.9. The van der Waals surface area contributed by atoms with Gasteiger partial charge in [-0.2, -0.15) is 0 Å². The molecule has 2 aromatic heterocycles. The van der Waals surface area contributed by atoms with Gasteiger partial charge in [-0.05, 0) is 70.2 Å². The van der Waals surface area contributed by atoms with Crippen molar-refractivity contribution in [3.05, 3.63) is 69.1 Å². The van der Waals surface area contributed by atoms with Crippen molar-refractivity contribution in [3.63, 3.8) is 0 Å². The van der Waals surface area contributed by atoms with Crippen molar-refractivity contribution >= 4 is 23.1 Å². The number of anilines is 2.